The zero-order valence-corrected chi connectivity index (χ0v) is 9.23. The highest BCUT2D eigenvalue weighted by Crippen LogP contribution is 2.31. The largest absolute Gasteiger partial charge is 0.338 e. The van der Waals surface area contributed by atoms with Crippen LogP contribution in [0, 0.1) is 5.92 Å². The van der Waals surface area contributed by atoms with Gasteiger partial charge in [-0.2, -0.15) is 0 Å². The predicted octanol–water partition coefficient (Wildman–Crippen LogP) is 0.918. The van der Waals surface area contributed by atoms with Crippen molar-refractivity contribution >= 4 is 5.91 Å². The van der Waals surface area contributed by atoms with Crippen molar-refractivity contribution < 1.29 is 4.79 Å². The first-order valence-corrected chi connectivity index (χ1v) is 5.87. The van der Waals surface area contributed by atoms with Crippen molar-refractivity contribution in [2.75, 3.05) is 6.54 Å². The Hall–Kier alpha value is -1.35. The molecule has 1 saturated carbocycles. The molecule has 2 aliphatic rings. The number of benzene rings is 1. The van der Waals surface area contributed by atoms with Gasteiger partial charge < -0.3 is 10.6 Å². The van der Waals surface area contributed by atoms with Crippen molar-refractivity contribution in [3.63, 3.8) is 0 Å². The second-order valence-corrected chi connectivity index (χ2v) is 4.78. The van der Waals surface area contributed by atoms with Gasteiger partial charge in [0.05, 0.1) is 5.92 Å². The molecule has 1 heterocycles. The lowest BCUT2D eigenvalue weighted by Gasteiger charge is -2.29. The van der Waals surface area contributed by atoms with Gasteiger partial charge in [-0.1, -0.05) is 24.3 Å². The summed E-state index contributed by atoms with van der Waals surface area (Å²) in [6.45, 7) is 1.61. The van der Waals surface area contributed by atoms with E-state index in [1.807, 2.05) is 11.0 Å². The molecule has 0 bridgehead atoms. The van der Waals surface area contributed by atoms with Crippen LogP contribution in [0.4, 0.5) is 0 Å². The Labute approximate surface area is 95.2 Å². The fourth-order valence-electron chi connectivity index (χ4n) is 2.42. The molecular formula is C13H16N2O. The molecule has 1 aromatic carbocycles. The normalized spacial score (nSPS) is 27.4. The summed E-state index contributed by atoms with van der Waals surface area (Å²) in [4.78, 5) is 14.0. The van der Waals surface area contributed by atoms with Gasteiger partial charge >= 0.3 is 0 Å². The Morgan fingerprint density at radius 2 is 2.00 bits per heavy atom. The molecule has 2 N–H and O–H groups in total. The van der Waals surface area contributed by atoms with Gasteiger partial charge in [-0.05, 0) is 24.0 Å². The van der Waals surface area contributed by atoms with Gasteiger partial charge in [-0.3, -0.25) is 4.79 Å². The summed E-state index contributed by atoms with van der Waals surface area (Å²) in [6.07, 6.45) is 1.85. The van der Waals surface area contributed by atoms with Gasteiger partial charge in [0.2, 0.25) is 5.91 Å². The second kappa shape index (κ2) is 3.59. The van der Waals surface area contributed by atoms with Gasteiger partial charge in [0.25, 0.3) is 0 Å². The molecular weight excluding hydrogens is 200 g/mol. The van der Waals surface area contributed by atoms with E-state index in [4.69, 9.17) is 5.73 Å². The molecule has 1 amide bonds. The first kappa shape index (κ1) is 9.85. The van der Waals surface area contributed by atoms with Crippen molar-refractivity contribution in [3.05, 3.63) is 35.4 Å². The number of nitrogens with zero attached hydrogens (tertiary/aromatic N) is 1. The van der Waals surface area contributed by atoms with Crippen LogP contribution in [0.25, 0.3) is 0 Å². The lowest BCUT2D eigenvalue weighted by Crippen LogP contribution is -2.37. The maximum Gasteiger partial charge on any atom is 0.227 e. The number of hydrogen-bond donors (Lipinski definition) is 1. The third-order valence-electron chi connectivity index (χ3n) is 3.60. The van der Waals surface area contributed by atoms with E-state index in [0.717, 1.165) is 25.9 Å². The highest BCUT2D eigenvalue weighted by atomic mass is 16.2. The minimum Gasteiger partial charge on any atom is -0.338 e. The molecule has 3 rings (SSSR count). The van der Waals surface area contributed by atoms with Crippen LogP contribution in [-0.4, -0.2) is 23.4 Å². The van der Waals surface area contributed by atoms with E-state index >= 15 is 0 Å². The van der Waals surface area contributed by atoms with Crippen LogP contribution in [0.2, 0.25) is 0 Å². The number of hydrogen-bond acceptors (Lipinski definition) is 2. The zero-order valence-electron chi connectivity index (χ0n) is 9.23. The van der Waals surface area contributed by atoms with Gasteiger partial charge in [-0.25, -0.2) is 0 Å². The smallest absolute Gasteiger partial charge is 0.227 e. The third kappa shape index (κ3) is 1.61. The van der Waals surface area contributed by atoms with Gasteiger partial charge in [0, 0.05) is 19.1 Å². The highest BCUT2D eigenvalue weighted by molar-refractivity contribution is 5.82. The van der Waals surface area contributed by atoms with E-state index < -0.39 is 0 Å². The van der Waals surface area contributed by atoms with Crippen LogP contribution in [0.5, 0.6) is 0 Å². The second-order valence-electron chi connectivity index (χ2n) is 4.78. The van der Waals surface area contributed by atoms with E-state index in [1.54, 1.807) is 0 Å². The maximum atomic E-state index is 12.0. The van der Waals surface area contributed by atoms with Gasteiger partial charge in [-0.15, -0.1) is 0 Å². The molecule has 0 spiro atoms. The Balaban J connectivity index is 1.75. The van der Waals surface area contributed by atoms with E-state index in [2.05, 4.69) is 18.2 Å². The van der Waals surface area contributed by atoms with E-state index in [0.29, 0.717) is 0 Å². The molecule has 16 heavy (non-hydrogen) atoms. The first-order valence-electron chi connectivity index (χ1n) is 5.87. The maximum absolute atomic E-state index is 12.0. The minimum atomic E-state index is 0.102. The molecule has 0 radical (unpaired) electrons. The number of rotatable bonds is 1. The van der Waals surface area contributed by atoms with E-state index in [1.165, 1.54) is 11.1 Å². The average molecular weight is 216 g/mol. The quantitative estimate of drug-likeness (QED) is 0.758. The third-order valence-corrected chi connectivity index (χ3v) is 3.60. The fraction of sp³-hybridized carbons (Fsp3) is 0.462. The monoisotopic (exact) mass is 216 g/mol. The molecule has 2 atom stereocenters. The summed E-state index contributed by atoms with van der Waals surface area (Å²) in [7, 11) is 0. The lowest BCUT2D eigenvalue weighted by atomic mass is 9.99. The van der Waals surface area contributed by atoms with E-state index in [-0.39, 0.29) is 17.9 Å². The number of carbonyl (C=O) groups is 1. The summed E-state index contributed by atoms with van der Waals surface area (Å²) in [5.74, 6) is 0.354. The summed E-state index contributed by atoms with van der Waals surface area (Å²) in [5.41, 5.74) is 8.39. The number of amides is 1. The molecule has 0 aromatic heterocycles. The SMILES string of the molecule is NC1CC1C(=O)N1CCc2ccccc2C1. The zero-order chi connectivity index (χ0) is 11.1. The summed E-state index contributed by atoms with van der Waals surface area (Å²) in [6, 6.07) is 8.48. The standard InChI is InChI=1S/C13H16N2O/c14-12-7-11(12)13(16)15-6-5-9-3-1-2-4-10(9)8-15/h1-4,11-12H,5-8,14H2. The van der Waals surface area contributed by atoms with Crippen LogP contribution in [0.15, 0.2) is 24.3 Å². The number of fused-ring (bicyclic) bond motifs is 1. The van der Waals surface area contributed by atoms with Gasteiger partial charge in [0.1, 0.15) is 0 Å². The average Bonchev–Trinajstić information content (AvgIpc) is 3.05. The van der Waals surface area contributed by atoms with E-state index in [9.17, 15) is 4.79 Å². The fourth-order valence-corrected chi connectivity index (χ4v) is 2.42. The molecule has 3 heteroatoms. The Morgan fingerprint density at radius 3 is 2.69 bits per heavy atom. The Morgan fingerprint density at radius 1 is 1.31 bits per heavy atom. The topological polar surface area (TPSA) is 46.3 Å². The minimum absolute atomic E-state index is 0.102. The molecule has 1 aromatic rings. The predicted molar refractivity (Wildman–Crippen MR) is 61.6 cm³/mol. The lowest BCUT2D eigenvalue weighted by molar-refractivity contribution is -0.133. The summed E-state index contributed by atoms with van der Waals surface area (Å²) >= 11 is 0. The molecule has 2 unspecified atom stereocenters. The van der Waals surface area contributed by atoms with Crippen molar-refractivity contribution in [1.29, 1.82) is 0 Å². The van der Waals surface area contributed by atoms with Crippen LogP contribution in [0.1, 0.15) is 17.5 Å². The van der Waals surface area contributed by atoms with Gasteiger partial charge in [0.15, 0.2) is 0 Å². The Bertz CT molecular complexity index is 430. The van der Waals surface area contributed by atoms with Crippen LogP contribution in [0.3, 0.4) is 0 Å². The molecule has 3 nitrogen and oxygen atoms in total. The molecule has 1 aliphatic heterocycles. The number of carbonyl (C=O) groups excluding carboxylic acids is 1. The summed E-state index contributed by atoms with van der Waals surface area (Å²) in [5, 5.41) is 0. The van der Waals surface area contributed by atoms with Crippen molar-refractivity contribution in [2.45, 2.75) is 25.4 Å². The highest BCUT2D eigenvalue weighted by Gasteiger charge is 2.42. The van der Waals surface area contributed by atoms with Crippen molar-refractivity contribution in [3.8, 4) is 0 Å². The number of nitrogens with two attached hydrogens (primary N) is 1. The van der Waals surface area contributed by atoms with Crippen molar-refractivity contribution in [2.24, 2.45) is 11.7 Å². The van der Waals surface area contributed by atoms with Crippen LogP contribution < -0.4 is 5.73 Å². The molecule has 1 fully saturated rings. The Kier molecular flexibility index (Phi) is 2.21. The van der Waals surface area contributed by atoms with Crippen molar-refractivity contribution in [1.82, 2.24) is 4.90 Å². The van der Waals surface area contributed by atoms with Crippen LogP contribution in [-0.2, 0) is 17.8 Å². The molecule has 84 valence electrons. The molecule has 1 aliphatic carbocycles. The summed E-state index contributed by atoms with van der Waals surface area (Å²) < 4.78 is 0. The van der Waals surface area contributed by atoms with Crippen LogP contribution >= 0.6 is 0 Å². The first-order chi connectivity index (χ1) is 7.75. The molecule has 0 saturated heterocycles.